The number of nitrogens with zero attached hydrogens (tertiary/aromatic N) is 1. The second kappa shape index (κ2) is 5.49. The van der Waals surface area contributed by atoms with Crippen LogP contribution in [0.5, 0.6) is 0 Å². The number of aromatic nitrogens is 1. The Balaban J connectivity index is 2.34. The molecule has 2 nitrogen and oxygen atoms in total. The molecule has 0 fully saturated rings. The molecule has 0 aliphatic carbocycles. The van der Waals surface area contributed by atoms with Crippen LogP contribution < -0.4 is 5.32 Å². The fourth-order valence-electron chi connectivity index (χ4n) is 2.42. The molecule has 1 heterocycles. The molecule has 1 N–H and O–H groups in total. The molecule has 2 rings (SSSR count). The summed E-state index contributed by atoms with van der Waals surface area (Å²) < 4.78 is 0. The Bertz CT molecular complexity index is 512. The topological polar surface area (TPSA) is 24.9 Å². The third-order valence-electron chi connectivity index (χ3n) is 3.59. The number of pyridine rings is 1. The Morgan fingerprint density at radius 2 is 2.06 bits per heavy atom. The first kappa shape index (κ1) is 13.0. The molecule has 18 heavy (non-hydrogen) atoms. The van der Waals surface area contributed by atoms with Crippen LogP contribution in [0.2, 0.25) is 0 Å². The van der Waals surface area contributed by atoms with Gasteiger partial charge in [0.1, 0.15) is 0 Å². The van der Waals surface area contributed by atoms with Crippen LogP contribution in [0.1, 0.15) is 32.8 Å². The molecule has 2 heteroatoms. The largest absolute Gasteiger partial charge is 0.317 e. The SMILES string of the molecule is CCNCCC(C)(C)c1cccc2ccncc12. The van der Waals surface area contributed by atoms with Gasteiger partial charge >= 0.3 is 0 Å². The van der Waals surface area contributed by atoms with Gasteiger partial charge in [-0.1, -0.05) is 39.0 Å². The number of hydrogen-bond acceptors (Lipinski definition) is 2. The molecule has 0 aliphatic rings. The third kappa shape index (κ3) is 2.70. The highest BCUT2D eigenvalue weighted by atomic mass is 14.8. The lowest BCUT2D eigenvalue weighted by Crippen LogP contribution is -2.25. The average molecular weight is 242 g/mol. The lowest BCUT2D eigenvalue weighted by Gasteiger charge is -2.27. The van der Waals surface area contributed by atoms with Gasteiger partial charge in [-0.05, 0) is 41.9 Å². The van der Waals surface area contributed by atoms with E-state index in [1.807, 2.05) is 12.4 Å². The second-order valence-corrected chi connectivity index (χ2v) is 5.39. The number of hydrogen-bond donors (Lipinski definition) is 1. The van der Waals surface area contributed by atoms with Gasteiger partial charge in [-0.2, -0.15) is 0 Å². The predicted molar refractivity (Wildman–Crippen MR) is 77.9 cm³/mol. The summed E-state index contributed by atoms with van der Waals surface area (Å²) in [6, 6.07) is 8.61. The smallest absolute Gasteiger partial charge is 0.0349 e. The average Bonchev–Trinajstić information content (AvgIpc) is 2.38. The molecular weight excluding hydrogens is 220 g/mol. The van der Waals surface area contributed by atoms with Crippen LogP contribution in [0.3, 0.4) is 0 Å². The first-order valence-corrected chi connectivity index (χ1v) is 6.69. The Hall–Kier alpha value is -1.41. The number of rotatable bonds is 5. The summed E-state index contributed by atoms with van der Waals surface area (Å²) >= 11 is 0. The Morgan fingerprint density at radius 1 is 1.22 bits per heavy atom. The molecule has 0 aliphatic heterocycles. The maximum atomic E-state index is 4.27. The second-order valence-electron chi connectivity index (χ2n) is 5.39. The number of fused-ring (bicyclic) bond motifs is 1. The van der Waals surface area contributed by atoms with Crippen LogP contribution in [0, 0.1) is 0 Å². The Kier molecular flexibility index (Phi) is 3.97. The quantitative estimate of drug-likeness (QED) is 0.812. The number of benzene rings is 1. The summed E-state index contributed by atoms with van der Waals surface area (Å²) in [5.74, 6) is 0. The zero-order valence-corrected chi connectivity index (χ0v) is 11.5. The van der Waals surface area contributed by atoms with Crippen LogP contribution in [-0.2, 0) is 5.41 Å². The fourth-order valence-corrected chi connectivity index (χ4v) is 2.42. The van der Waals surface area contributed by atoms with Crippen molar-refractivity contribution >= 4 is 10.8 Å². The summed E-state index contributed by atoms with van der Waals surface area (Å²) in [5.41, 5.74) is 1.57. The fraction of sp³-hybridized carbons (Fsp3) is 0.438. The molecule has 2 aromatic rings. The first-order valence-electron chi connectivity index (χ1n) is 6.69. The van der Waals surface area contributed by atoms with E-state index >= 15 is 0 Å². The van der Waals surface area contributed by atoms with Crippen molar-refractivity contribution in [2.75, 3.05) is 13.1 Å². The van der Waals surface area contributed by atoms with Crippen molar-refractivity contribution in [3.63, 3.8) is 0 Å². The molecule has 1 aromatic heterocycles. The summed E-state index contributed by atoms with van der Waals surface area (Å²) in [5, 5.41) is 5.96. The van der Waals surface area contributed by atoms with Crippen LogP contribution in [0.4, 0.5) is 0 Å². The monoisotopic (exact) mass is 242 g/mol. The molecule has 0 saturated heterocycles. The van der Waals surface area contributed by atoms with Gasteiger partial charge in [-0.15, -0.1) is 0 Å². The lowest BCUT2D eigenvalue weighted by molar-refractivity contribution is 0.464. The van der Waals surface area contributed by atoms with Crippen LogP contribution in [0.25, 0.3) is 10.8 Å². The minimum Gasteiger partial charge on any atom is -0.317 e. The Morgan fingerprint density at radius 3 is 2.83 bits per heavy atom. The van der Waals surface area contributed by atoms with Crippen LogP contribution in [-0.4, -0.2) is 18.1 Å². The van der Waals surface area contributed by atoms with E-state index in [9.17, 15) is 0 Å². The van der Waals surface area contributed by atoms with Crippen LogP contribution in [0.15, 0.2) is 36.7 Å². The molecule has 0 spiro atoms. The minimum absolute atomic E-state index is 0.171. The van der Waals surface area contributed by atoms with E-state index in [4.69, 9.17) is 0 Å². The maximum absolute atomic E-state index is 4.27. The molecule has 0 saturated carbocycles. The highest BCUT2D eigenvalue weighted by Crippen LogP contribution is 2.32. The maximum Gasteiger partial charge on any atom is 0.0349 e. The highest BCUT2D eigenvalue weighted by molar-refractivity contribution is 5.85. The van der Waals surface area contributed by atoms with Gasteiger partial charge in [0.15, 0.2) is 0 Å². The zero-order chi connectivity index (χ0) is 13.0. The number of nitrogens with one attached hydrogen (secondary N) is 1. The normalized spacial score (nSPS) is 11.9. The molecular formula is C16H22N2. The van der Waals surface area contributed by atoms with Crippen molar-refractivity contribution in [3.8, 4) is 0 Å². The molecule has 96 valence electrons. The van der Waals surface area contributed by atoms with Gasteiger partial charge in [0.25, 0.3) is 0 Å². The van der Waals surface area contributed by atoms with E-state index in [1.54, 1.807) is 0 Å². The molecule has 0 unspecified atom stereocenters. The van der Waals surface area contributed by atoms with Gasteiger partial charge in [0, 0.05) is 17.8 Å². The van der Waals surface area contributed by atoms with E-state index in [0.717, 1.165) is 19.5 Å². The van der Waals surface area contributed by atoms with E-state index in [1.165, 1.54) is 16.3 Å². The van der Waals surface area contributed by atoms with Gasteiger partial charge < -0.3 is 5.32 Å². The van der Waals surface area contributed by atoms with Crippen LogP contribution >= 0.6 is 0 Å². The van der Waals surface area contributed by atoms with Crippen molar-refractivity contribution in [3.05, 3.63) is 42.2 Å². The predicted octanol–water partition coefficient (Wildman–Crippen LogP) is 3.51. The highest BCUT2D eigenvalue weighted by Gasteiger charge is 2.22. The van der Waals surface area contributed by atoms with E-state index in [2.05, 4.69) is 55.3 Å². The van der Waals surface area contributed by atoms with Crippen molar-refractivity contribution in [2.45, 2.75) is 32.6 Å². The lowest BCUT2D eigenvalue weighted by atomic mass is 9.79. The van der Waals surface area contributed by atoms with Gasteiger partial charge in [0.05, 0.1) is 0 Å². The summed E-state index contributed by atoms with van der Waals surface area (Å²) in [7, 11) is 0. The van der Waals surface area contributed by atoms with Crippen molar-refractivity contribution in [1.29, 1.82) is 0 Å². The van der Waals surface area contributed by atoms with E-state index in [0.29, 0.717) is 0 Å². The molecule has 0 atom stereocenters. The summed E-state index contributed by atoms with van der Waals surface area (Å²) in [6.45, 7) is 8.86. The summed E-state index contributed by atoms with van der Waals surface area (Å²) in [4.78, 5) is 4.27. The van der Waals surface area contributed by atoms with Gasteiger partial charge in [0.2, 0.25) is 0 Å². The van der Waals surface area contributed by atoms with Crippen molar-refractivity contribution in [1.82, 2.24) is 10.3 Å². The molecule has 0 bridgehead atoms. The zero-order valence-electron chi connectivity index (χ0n) is 11.5. The van der Waals surface area contributed by atoms with Crippen molar-refractivity contribution in [2.24, 2.45) is 0 Å². The standard InChI is InChI=1S/C16H22N2/c1-4-17-11-9-16(2,3)15-7-5-6-13-8-10-18-12-14(13)15/h5-8,10,12,17H,4,9,11H2,1-3H3. The van der Waals surface area contributed by atoms with Gasteiger partial charge in [-0.25, -0.2) is 0 Å². The molecule has 1 aromatic carbocycles. The molecule has 0 amide bonds. The first-order chi connectivity index (χ1) is 8.65. The Labute approximate surface area is 109 Å². The minimum atomic E-state index is 0.171. The van der Waals surface area contributed by atoms with E-state index < -0.39 is 0 Å². The molecule has 0 radical (unpaired) electrons. The van der Waals surface area contributed by atoms with Gasteiger partial charge in [-0.3, -0.25) is 4.98 Å². The van der Waals surface area contributed by atoms with E-state index in [-0.39, 0.29) is 5.41 Å². The summed E-state index contributed by atoms with van der Waals surface area (Å²) in [6.07, 6.45) is 4.98. The third-order valence-corrected chi connectivity index (χ3v) is 3.59. The van der Waals surface area contributed by atoms with Crippen molar-refractivity contribution < 1.29 is 0 Å².